The van der Waals surface area contributed by atoms with E-state index in [4.69, 9.17) is 44.1 Å². The second-order valence-corrected chi connectivity index (χ2v) is 12.0. The zero-order valence-corrected chi connectivity index (χ0v) is 23.4. The molecule has 1 heterocycles. The fraction of sp³-hybridized carbons (Fsp3) is 0.300. The topological polar surface area (TPSA) is 35.3 Å². The van der Waals surface area contributed by atoms with Crippen LogP contribution in [0.5, 0.6) is 5.75 Å². The molecule has 0 spiro atoms. The molecular formula is C30H26Cl3NO2S. The van der Waals surface area contributed by atoms with Crippen molar-refractivity contribution >= 4 is 46.6 Å². The van der Waals surface area contributed by atoms with Crippen LogP contribution in [-0.4, -0.2) is 11.4 Å². The van der Waals surface area contributed by atoms with Crippen molar-refractivity contribution < 1.29 is 9.26 Å². The Hall–Kier alpha value is -2.11. The van der Waals surface area contributed by atoms with Gasteiger partial charge in [0.15, 0.2) is 0 Å². The third-order valence-electron chi connectivity index (χ3n) is 7.46. The molecule has 2 aliphatic carbocycles. The zero-order chi connectivity index (χ0) is 25.5. The normalized spacial score (nSPS) is 19.0. The molecule has 0 unspecified atom stereocenters. The molecule has 0 N–H and O–H groups in total. The van der Waals surface area contributed by atoms with E-state index in [1.54, 1.807) is 11.8 Å². The second-order valence-electron chi connectivity index (χ2n) is 9.86. The van der Waals surface area contributed by atoms with E-state index in [-0.39, 0.29) is 0 Å². The van der Waals surface area contributed by atoms with Crippen LogP contribution in [0, 0.1) is 0 Å². The highest BCUT2D eigenvalue weighted by Crippen LogP contribution is 2.50. The van der Waals surface area contributed by atoms with E-state index in [2.05, 4.69) is 41.7 Å². The van der Waals surface area contributed by atoms with Gasteiger partial charge < -0.3 is 9.26 Å². The van der Waals surface area contributed by atoms with Crippen LogP contribution in [0.15, 0.2) is 70.1 Å². The smallest absolute Gasteiger partial charge is 0.147 e. The Balaban J connectivity index is 1.17. The molecule has 2 fully saturated rings. The number of ether oxygens (including phenoxy) is 1. The first-order chi connectivity index (χ1) is 18.0. The fourth-order valence-electron chi connectivity index (χ4n) is 5.17. The van der Waals surface area contributed by atoms with Crippen LogP contribution in [0.1, 0.15) is 65.9 Å². The molecule has 6 rings (SSSR count). The maximum atomic E-state index is 6.75. The molecule has 0 radical (unpaired) electrons. The minimum atomic E-state index is 0.305. The number of rotatable bonds is 8. The van der Waals surface area contributed by atoms with E-state index in [1.807, 2.05) is 30.3 Å². The largest absolute Gasteiger partial charge is 0.489 e. The van der Waals surface area contributed by atoms with Gasteiger partial charge in [-0.2, -0.15) is 0 Å². The first kappa shape index (κ1) is 25.2. The highest BCUT2D eigenvalue weighted by atomic mass is 35.5. The van der Waals surface area contributed by atoms with E-state index in [9.17, 15) is 0 Å². The van der Waals surface area contributed by atoms with Gasteiger partial charge in [0.05, 0.1) is 15.6 Å². The van der Waals surface area contributed by atoms with Crippen molar-refractivity contribution in [3.05, 3.63) is 98.2 Å². The van der Waals surface area contributed by atoms with E-state index in [0.717, 1.165) is 47.8 Å². The van der Waals surface area contributed by atoms with Gasteiger partial charge in [-0.1, -0.05) is 64.2 Å². The average Bonchev–Trinajstić information content (AvgIpc) is 3.63. The lowest BCUT2D eigenvalue weighted by Gasteiger charge is -2.36. The molecule has 7 heteroatoms. The second kappa shape index (κ2) is 10.6. The highest BCUT2D eigenvalue weighted by Gasteiger charge is 2.34. The molecule has 4 aromatic rings. The van der Waals surface area contributed by atoms with Crippen molar-refractivity contribution in [2.45, 2.75) is 54.9 Å². The van der Waals surface area contributed by atoms with Crippen molar-refractivity contribution in [2.24, 2.45) is 0 Å². The molecule has 190 valence electrons. The Morgan fingerprint density at radius 1 is 0.892 bits per heavy atom. The van der Waals surface area contributed by atoms with Crippen LogP contribution >= 0.6 is 46.6 Å². The van der Waals surface area contributed by atoms with Crippen molar-refractivity contribution in [1.82, 2.24) is 5.16 Å². The van der Waals surface area contributed by atoms with Crippen molar-refractivity contribution in [3.8, 4) is 17.0 Å². The third-order valence-corrected chi connectivity index (χ3v) is 9.15. The summed E-state index contributed by atoms with van der Waals surface area (Å²) >= 11 is 21.5. The lowest BCUT2D eigenvalue weighted by molar-refractivity contribution is 0.300. The lowest BCUT2D eigenvalue weighted by atomic mass is 9.68. The standard InChI is InChI=1S/C30H26Cl3NO2S/c1-37-22-5-2-4-18(14-22)19-12-20(13-19)23-11-10-21(15-27(23)33)35-16-24-29(34-36-30(24)17-8-9-17)28-25(31)6-3-7-26(28)32/h2-7,10-11,14-15,17,19-20H,8-9,12-13,16H2,1H3. The number of thioether (sulfide) groups is 1. The van der Waals surface area contributed by atoms with Crippen molar-refractivity contribution in [3.63, 3.8) is 0 Å². The van der Waals surface area contributed by atoms with Gasteiger partial charge in [-0.25, -0.2) is 0 Å². The SMILES string of the molecule is CSc1cccc(C2CC(c3ccc(OCc4c(-c5c(Cl)cccc5Cl)noc4C4CC4)cc3Cl)C2)c1. The molecule has 0 atom stereocenters. The summed E-state index contributed by atoms with van der Waals surface area (Å²) < 4.78 is 12.0. The number of hydrogen-bond donors (Lipinski definition) is 0. The molecule has 3 aromatic carbocycles. The van der Waals surface area contributed by atoms with Crippen LogP contribution in [-0.2, 0) is 6.61 Å². The summed E-state index contributed by atoms with van der Waals surface area (Å²) in [6, 6.07) is 20.4. The van der Waals surface area contributed by atoms with Crippen LogP contribution in [0.3, 0.4) is 0 Å². The predicted molar refractivity (Wildman–Crippen MR) is 153 cm³/mol. The summed E-state index contributed by atoms with van der Waals surface area (Å²) in [7, 11) is 0. The van der Waals surface area contributed by atoms with Crippen LogP contribution in [0.4, 0.5) is 0 Å². The van der Waals surface area contributed by atoms with E-state index >= 15 is 0 Å². The molecule has 0 bridgehead atoms. The number of hydrogen-bond acceptors (Lipinski definition) is 4. The van der Waals surface area contributed by atoms with Gasteiger partial charge in [0, 0.05) is 21.4 Å². The molecule has 0 aliphatic heterocycles. The lowest BCUT2D eigenvalue weighted by Crippen LogP contribution is -2.20. The summed E-state index contributed by atoms with van der Waals surface area (Å²) in [5, 5.41) is 6.17. The molecule has 0 saturated heterocycles. The zero-order valence-electron chi connectivity index (χ0n) is 20.3. The summed E-state index contributed by atoms with van der Waals surface area (Å²) in [6.07, 6.45) is 6.52. The van der Waals surface area contributed by atoms with Crippen molar-refractivity contribution in [1.29, 1.82) is 0 Å². The maximum absolute atomic E-state index is 6.75. The van der Waals surface area contributed by atoms with E-state index in [1.165, 1.54) is 16.0 Å². The van der Waals surface area contributed by atoms with Gasteiger partial charge in [-0.3, -0.25) is 0 Å². The van der Waals surface area contributed by atoms with Gasteiger partial charge >= 0.3 is 0 Å². The summed E-state index contributed by atoms with van der Waals surface area (Å²) in [5.41, 5.74) is 4.83. The Bertz CT molecular complexity index is 1420. The number of aromatic nitrogens is 1. The van der Waals surface area contributed by atoms with Crippen molar-refractivity contribution in [2.75, 3.05) is 6.26 Å². The Kier molecular flexibility index (Phi) is 7.19. The van der Waals surface area contributed by atoms with Gasteiger partial charge in [-0.05, 0) is 91.3 Å². The first-order valence-electron chi connectivity index (χ1n) is 12.5. The first-order valence-corrected chi connectivity index (χ1v) is 14.9. The average molecular weight is 571 g/mol. The maximum Gasteiger partial charge on any atom is 0.147 e. The minimum absolute atomic E-state index is 0.305. The number of benzene rings is 3. The van der Waals surface area contributed by atoms with Crippen LogP contribution < -0.4 is 4.74 Å². The van der Waals surface area contributed by atoms with Gasteiger partial charge in [-0.15, -0.1) is 11.8 Å². The summed E-state index contributed by atoms with van der Waals surface area (Å²) in [6.45, 7) is 0.305. The minimum Gasteiger partial charge on any atom is -0.489 e. The van der Waals surface area contributed by atoms with Crippen LogP contribution in [0.2, 0.25) is 15.1 Å². The molecule has 0 amide bonds. The molecule has 37 heavy (non-hydrogen) atoms. The van der Waals surface area contributed by atoms with E-state index in [0.29, 0.717) is 45.7 Å². The number of halogens is 3. The fourth-order valence-corrected chi connectivity index (χ4v) is 6.54. The Morgan fingerprint density at radius 2 is 1.65 bits per heavy atom. The molecule has 2 saturated carbocycles. The van der Waals surface area contributed by atoms with Gasteiger partial charge in [0.25, 0.3) is 0 Å². The number of nitrogens with zero attached hydrogens (tertiary/aromatic N) is 1. The molecule has 3 nitrogen and oxygen atoms in total. The third kappa shape index (κ3) is 5.14. The molecular weight excluding hydrogens is 545 g/mol. The van der Waals surface area contributed by atoms with E-state index < -0.39 is 0 Å². The van der Waals surface area contributed by atoms with Crippen LogP contribution in [0.25, 0.3) is 11.3 Å². The highest BCUT2D eigenvalue weighted by molar-refractivity contribution is 7.98. The molecule has 2 aliphatic rings. The predicted octanol–water partition coefficient (Wildman–Crippen LogP) is 10.1. The van der Waals surface area contributed by atoms with Gasteiger partial charge in [0.1, 0.15) is 23.8 Å². The molecule has 1 aromatic heterocycles. The monoisotopic (exact) mass is 569 g/mol. The van der Waals surface area contributed by atoms with Gasteiger partial charge in [0.2, 0.25) is 0 Å². The summed E-state index contributed by atoms with van der Waals surface area (Å²) in [5.74, 6) is 3.01. The summed E-state index contributed by atoms with van der Waals surface area (Å²) in [4.78, 5) is 1.32. The Morgan fingerprint density at radius 3 is 2.35 bits per heavy atom. The quantitative estimate of drug-likeness (QED) is 0.197. The Labute approximate surface area is 236 Å².